The monoisotopic (exact) mass is 486 g/mol. The molecular weight excluding hydrogens is 460 g/mol. The number of ether oxygens (including phenoxy) is 1. The van der Waals surface area contributed by atoms with Crippen LogP contribution in [0.2, 0.25) is 5.02 Å². The van der Waals surface area contributed by atoms with Crippen LogP contribution in [0.4, 0.5) is 5.69 Å². The van der Waals surface area contributed by atoms with Crippen molar-refractivity contribution in [2.45, 2.75) is 18.6 Å². The first-order valence-corrected chi connectivity index (χ1v) is 11.8. The van der Waals surface area contributed by atoms with Gasteiger partial charge in [-0.15, -0.1) is 0 Å². The third-order valence-electron chi connectivity index (χ3n) is 6.52. The molecule has 3 aromatic carbocycles. The molecule has 1 fully saturated rings. The lowest BCUT2D eigenvalue weighted by Crippen LogP contribution is -2.52. The molecule has 4 rings (SSSR count). The number of anilines is 1. The first-order chi connectivity index (χ1) is 16.8. The molecule has 2 atom stereocenters. The Morgan fingerprint density at radius 3 is 2.37 bits per heavy atom. The zero-order chi connectivity index (χ0) is 25.0. The number of hydrogen-bond donors (Lipinski definition) is 1. The standard InChI is InChI=1S/C28H27ClN4O2/c1-28(34,23-7-3-20(16-30)4-8-23)19-32-13-14-33(26-12-11-25(35-2)15-22(26)17-31)27(18-32)21-5-9-24(29)10-6-21/h3-12,15,27,34H,13-14,18-19H2,1-2H3/t27-,28+/m0/s1. The summed E-state index contributed by atoms with van der Waals surface area (Å²) in [5, 5.41) is 30.9. The van der Waals surface area contributed by atoms with Gasteiger partial charge in [0.1, 0.15) is 11.8 Å². The van der Waals surface area contributed by atoms with E-state index in [0.717, 1.165) is 16.8 Å². The molecule has 0 amide bonds. The van der Waals surface area contributed by atoms with E-state index in [9.17, 15) is 10.4 Å². The molecule has 0 unspecified atom stereocenters. The van der Waals surface area contributed by atoms with Crippen LogP contribution in [0.25, 0.3) is 0 Å². The van der Waals surface area contributed by atoms with Crippen molar-refractivity contribution < 1.29 is 9.84 Å². The Hall–Kier alpha value is -3.55. The van der Waals surface area contributed by atoms with Crippen LogP contribution in [0.5, 0.6) is 5.75 Å². The number of hydrogen-bond acceptors (Lipinski definition) is 6. The molecule has 0 bridgehead atoms. The number of halogens is 1. The van der Waals surface area contributed by atoms with Crippen molar-refractivity contribution in [3.05, 3.63) is 94.0 Å². The van der Waals surface area contributed by atoms with Gasteiger partial charge in [-0.3, -0.25) is 4.90 Å². The molecule has 6 nitrogen and oxygen atoms in total. The number of aliphatic hydroxyl groups is 1. The van der Waals surface area contributed by atoms with Gasteiger partial charge in [-0.25, -0.2) is 0 Å². The molecule has 0 aliphatic carbocycles. The first kappa shape index (κ1) is 24.6. The quantitative estimate of drug-likeness (QED) is 0.535. The van der Waals surface area contributed by atoms with Crippen molar-refractivity contribution >= 4 is 17.3 Å². The number of methoxy groups -OCH3 is 1. The highest BCUT2D eigenvalue weighted by Crippen LogP contribution is 2.36. The van der Waals surface area contributed by atoms with Gasteiger partial charge >= 0.3 is 0 Å². The minimum absolute atomic E-state index is 0.0433. The Morgan fingerprint density at radius 2 is 1.74 bits per heavy atom. The van der Waals surface area contributed by atoms with E-state index in [1.165, 1.54) is 0 Å². The highest BCUT2D eigenvalue weighted by atomic mass is 35.5. The highest BCUT2D eigenvalue weighted by molar-refractivity contribution is 6.30. The highest BCUT2D eigenvalue weighted by Gasteiger charge is 2.34. The number of rotatable bonds is 6. The summed E-state index contributed by atoms with van der Waals surface area (Å²) in [6.07, 6.45) is 0. The summed E-state index contributed by atoms with van der Waals surface area (Å²) >= 11 is 6.16. The maximum Gasteiger partial charge on any atom is 0.120 e. The van der Waals surface area contributed by atoms with Gasteiger partial charge in [-0.05, 0) is 60.5 Å². The average Bonchev–Trinajstić information content (AvgIpc) is 2.88. The van der Waals surface area contributed by atoms with Crippen LogP contribution >= 0.6 is 11.6 Å². The smallest absolute Gasteiger partial charge is 0.120 e. The van der Waals surface area contributed by atoms with Crippen LogP contribution in [0.1, 0.15) is 35.2 Å². The second-order valence-corrected chi connectivity index (χ2v) is 9.39. The van der Waals surface area contributed by atoms with E-state index in [-0.39, 0.29) is 6.04 Å². The molecule has 1 aliphatic rings. The molecule has 0 spiro atoms. The lowest BCUT2D eigenvalue weighted by molar-refractivity contribution is 0.0103. The van der Waals surface area contributed by atoms with Crippen LogP contribution in [0, 0.1) is 22.7 Å². The molecule has 35 heavy (non-hydrogen) atoms. The molecule has 1 saturated heterocycles. The zero-order valence-corrected chi connectivity index (χ0v) is 20.5. The number of benzene rings is 3. The lowest BCUT2D eigenvalue weighted by Gasteiger charge is -2.45. The zero-order valence-electron chi connectivity index (χ0n) is 19.8. The predicted molar refractivity (Wildman–Crippen MR) is 136 cm³/mol. The molecule has 1 heterocycles. The van der Waals surface area contributed by atoms with Crippen LogP contribution in [0.15, 0.2) is 66.7 Å². The summed E-state index contributed by atoms with van der Waals surface area (Å²) in [5.74, 6) is 0.644. The minimum Gasteiger partial charge on any atom is -0.497 e. The van der Waals surface area contributed by atoms with Crippen molar-refractivity contribution in [1.29, 1.82) is 10.5 Å². The van der Waals surface area contributed by atoms with Gasteiger partial charge in [-0.1, -0.05) is 35.9 Å². The van der Waals surface area contributed by atoms with Crippen LogP contribution < -0.4 is 9.64 Å². The van der Waals surface area contributed by atoms with Gasteiger partial charge in [0.15, 0.2) is 0 Å². The summed E-state index contributed by atoms with van der Waals surface area (Å²) in [4.78, 5) is 4.48. The van der Waals surface area contributed by atoms with Gasteiger partial charge in [0, 0.05) is 31.2 Å². The largest absolute Gasteiger partial charge is 0.497 e. The normalized spacial score (nSPS) is 17.8. The van der Waals surface area contributed by atoms with Gasteiger partial charge in [0.05, 0.1) is 41.6 Å². The molecule has 3 aromatic rings. The summed E-state index contributed by atoms with van der Waals surface area (Å²) in [6.45, 7) is 4.29. The third kappa shape index (κ3) is 5.42. The molecule has 0 radical (unpaired) electrons. The van der Waals surface area contributed by atoms with E-state index in [4.69, 9.17) is 21.6 Å². The molecular formula is C28H27ClN4O2. The first-order valence-electron chi connectivity index (χ1n) is 11.4. The van der Waals surface area contributed by atoms with E-state index in [1.807, 2.05) is 48.5 Å². The summed E-state index contributed by atoms with van der Waals surface area (Å²) in [5.41, 5.74) is 2.74. The summed E-state index contributed by atoms with van der Waals surface area (Å²) < 4.78 is 5.31. The molecule has 1 N–H and O–H groups in total. The van der Waals surface area contributed by atoms with Gasteiger partial charge in [0.25, 0.3) is 0 Å². The Balaban J connectivity index is 1.63. The number of nitrogens with zero attached hydrogens (tertiary/aromatic N) is 4. The second-order valence-electron chi connectivity index (χ2n) is 8.95. The van der Waals surface area contributed by atoms with Crippen LogP contribution in [-0.4, -0.2) is 43.3 Å². The van der Waals surface area contributed by atoms with E-state index >= 15 is 0 Å². The molecule has 1 aliphatic heterocycles. The molecule has 178 valence electrons. The SMILES string of the molecule is COc1ccc(N2CCN(C[C@@](C)(O)c3ccc(C#N)cc3)C[C@H]2c2ccc(Cl)cc2)c(C#N)c1. The minimum atomic E-state index is -1.08. The second kappa shape index (κ2) is 10.4. The fourth-order valence-corrected chi connectivity index (χ4v) is 4.78. The van der Waals surface area contributed by atoms with E-state index in [2.05, 4.69) is 21.9 Å². The fraction of sp³-hybridized carbons (Fsp3) is 0.286. The van der Waals surface area contributed by atoms with E-state index in [1.54, 1.807) is 32.2 Å². The Labute approximate surface area is 211 Å². The third-order valence-corrected chi connectivity index (χ3v) is 6.77. The van der Waals surface area contributed by atoms with Crippen molar-refractivity contribution in [3.8, 4) is 17.9 Å². The van der Waals surface area contributed by atoms with Crippen LogP contribution in [-0.2, 0) is 5.60 Å². The van der Waals surface area contributed by atoms with Crippen molar-refractivity contribution in [2.75, 3.05) is 38.2 Å². The predicted octanol–water partition coefficient (Wildman–Crippen LogP) is 4.86. The molecule has 7 heteroatoms. The fourth-order valence-electron chi connectivity index (χ4n) is 4.65. The van der Waals surface area contributed by atoms with E-state index < -0.39 is 5.60 Å². The molecule has 0 aromatic heterocycles. The Bertz CT molecular complexity index is 1260. The maximum atomic E-state index is 11.3. The van der Waals surface area contributed by atoms with E-state index in [0.29, 0.717) is 48.1 Å². The van der Waals surface area contributed by atoms with Gasteiger partial charge < -0.3 is 14.7 Å². The lowest BCUT2D eigenvalue weighted by atomic mass is 9.93. The Morgan fingerprint density at radius 1 is 1.03 bits per heavy atom. The van der Waals surface area contributed by atoms with Crippen molar-refractivity contribution in [3.63, 3.8) is 0 Å². The van der Waals surface area contributed by atoms with Crippen LogP contribution in [0.3, 0.4) is 0 Å². The number of β-amino-alcohol motifs (C(OH)–C–C–N with tert-alkyl or cyclic N) is 1. The average molecular weight is 487 g/mol. The maximum absolute atomic E-state index is 11.3. The summed E-state index contributed by atoms with van der Waals surface area (Å²) in [7, 11) is 1.59. The topological polar surface area (TPSA) is 83.5 Å². The van der Waals surface area contributed by atoms with Crippen molar-refractivity contribution in [1.82, 2.24) is 4.90 Å². The molecule has 0 saturated carbocycles. The number of nitriles is 2. The van der Waals surface area contributed by atoms with Gasteiger partial charge in [-0.2, -0.15) is 10.5 Å². The summed E-state index contributed by atoms with van der Waals surface area (Å²) in [6, 6.07) is 24.8. The number of piperazine rings is 1. The van der Waals surface area contributed by atoms with Crippen molar-refractivity contribution in [2.24, 2.45) is 0 Å². The van der Waals surface area contributed by atoms with Gasteiger partial charge in [0.2, 0.25) is 0 Å². The Kier molecular flexibility index (Phi) is 7.28.